The maximum Gasteiger partial charge on any atom is -1.00 e. The Balaban J connectivity index is 0.00000128. The van der Waals surface area contributed by atoms with Crippen LogP contribution in [-0.4, -0.2) is 0 Å². The van der Waals surface area contributed by atoms with Crippen molar-refractivity contribution in [2.75, 3.05) is 0 Å². The average Bonchev–Trinajstić information content (AvgIpc) is 2.87. The van der Waals surface area contributed by atoms with Crippen LogP contribution in [0.5, 0.6) is 0 Å². The van der Waals surface area contributed by atoms with Crippen molar-refractivity contribution in [2.24, 2.45) is 0 Å². The van der Waals surface area contributed by atoms with Crippen LogP contribution in [0.15, 0.2) is 42.1 Å². The summed E-state index contributed by atoms with van der Waals surface area (Å²) in [6, 6.07) is 0. The first-order chi connectivity index (χ1) is 7.35. The maximum absolute atomic E-state index is 2.36. The van der Waals surface area contributed by atoms with E-state index in [2.05, 4.69) is 38.2 Å². The molecule has 3 heteroatoms. The second kappa shape index (κ2) is 7.91. The molecule has 2 rings (SSSR count). The Morgan fingerprint density at radius 2 is 1.29 bits per heavy atom. The van der Waals surface area contributed by atoms with Gasteiger partial charge in [0.1, 0.15) is 0 Å². The number of hydrogen-bond acceptors (Lipinski definition) is 0. The van der Waals surface area contributed by atoms with Crippen molar-refractivity contribution in [3.05, 3.63) is 42.1 Å². The van der Waals surface area contributed by atoms with Gasteiger partial charge in [-0.1, -0.05) is 0 Å². The predicted octanol–water partition coefficient (Wildman–Crippen LogP) is -1.68. The van der Waals surface area contributed by atoms with E-state index < -0.39 is 22.9 Å². The number of hydrogen-bond donors (Lipinski definition) is 0. The van der Waals surface area contributed by atoms with Crippen molar-refractivity contribution in [2.45, 2.75) is 39.5 Å². The van der Waals surface area contributed by atoms with E-state index in [1.165, 1.54) is 25.7 Å². The van der Waals surface area contributed by atoms with Gasteiger partial charge in [-0.15, -0.1) is 0 Å². The molecule has 2 aliphatic carbocycles. The predicted molar refractivity (Wildman–Crippen MR) is 62.1 cm³/mol. The number of rotatable bonds is 4. The van der Waals surface area contributed by atoms with Gasteiger partial charge in [-0.25, -0.2) is 0 Å². The van der Waals surface area contributed by atoms with Gasteiger partial charge in [-0.3, -0.25) is 0 Å². The molecule has 2 aliphatic rings. The Labute approximate surface area is 114 Å². The minimum atomic E-state index is -0.652. The van der Waals surface area contributed by atoms with Gasteiger partial charge >= 0.3 is 105 Å². The summed E-state index contributed by atoms with van der Waals surface area (Å²) in [6.07, 6.45) is 14.4. The van der Waals surface area contributed by atoms with E-state index in [0.717, 1.165) is 0 Å². The summed E-state index contributed by atoms with van der Waals surface area (Å²) >= 11 is -0.652. The minimum absolute atomic E-state index is 0. The van der Waals surface area contributed by atoms with E-state index in [1.807, 2.05) is 6.66 Å². The Kier molecular flexibility index (Phi) is 7.77. The Hall–Kier alpha value is -0.310. The summed E-state index contributed by atoms with van der Waals surface area (Å²) in [4.78, 5) is 0. The molecule has 17 heavy (non-hydrogen) atoms. The largest absolute Gasteiger partial charge is 1.00 e. The molecule has 0 spiro atoms. The van der Waals surface area contributed by atoms with Gasteiger partial charge in [-0.05, 0) is 0 Å². The van der Waals surface area contributed by atoms with E-state index in [0.29, 0.717) is 0 Å². The van der Waals surface area contributed by atoms with Crippen molar-refractivity contribution in [1.29, 1.82) is 0 Å². The van der Waals surface area contributed by atoms with Crippen LogP contribution in [-0.2, 0) is 22.9 Å². The molecule has 92 valence electrons. The quantitative estimate of drug-likeness (QED) is 0.493. The summed E-state index contributed by atoms with van der Waals surface area (Å²) in [6.45, 7) is 4.58. The second-order valence-corrected chi connectivity index (χ2v) is 9.29. The normalized spacial score (nSPS) is 17.1. The fourth-order valence-electron chi connectivity index (χ4n) is 2.21. The molecule has 0 saturated heterocycles. The summed E-state index contributed by atoms with van der Waals surface area (Å²) in [7, 11) is 0. The zero-order valence-electron chi connectivity index (χ0n) is 10.4. The second-order valence-electron chi connectivity index (χ2n) is 4.05. The third-order valence-corrected chi connectivity index (χ3v) is 9.06. The van der Waals surface area contributed by atoms with Crippen LogP contribution in [0.25, 0.3) is 0 Å². The average molecular weight is 403 g/mol. The van der Waals surface area contributed by atoms with Crippen LogP contribution in [0.3, 0.4) is 0 Å². The van der Waals surface area contributed by atoms with Crippen LogP contribution in [0.1, 0.15) is 39.5 Å². The molecule has 0 bridgehead atoms. The van der Waals surface area contributed by atoms with Crippen molar-refractivity contribution in [3.63, 3.8) is 0 Å². The van der Waals surface area contributed by atoms with Crippen LogP contribution >= 0.6 is 0 Å². The van der Waals surface area contributed by atoms with Gasteiger partial charge in [0.2, 0.25) is 0 Å². The van der Waals surface area contributed by atoms with Crippen LogP contribution in [0.2, 0.25) is 0 Å². The molecule has 0 aliphatic heterocycles. The summed E-state index contributed by atoms with van der Waals surface area (Å²) in [5, 5.41) is 0. The Morgan fingerprint density at radius 1 is 0.882 bits per heavy atom. The van der Waals surface area contributed by atoms with E-state index in [4.69, 9.17) is 0 Å². The van der Waals surface area contributed by atoms with Crippen LogP contribution in [0, 0.1) is 0 Å². The molecule has 0 N–H and O–H groups in total. The smallest absolute Gasteiger partial charge is 1.00 e. The van der Waals surface area contributed by atoms with Gasteiger partial charge in [-0.2, -0.15) is 0 Å². The van der Waals surface area contributed by atoms with Gasteiger partial charge in [0.05, 0.1) is 0 Å². The molecule has 0 aromatic carbocycles. The molecule has 0 aromatic heterocycles. The maximum atomic E-state index is 2.36. The number of allylic oxidation sites excluding steroid dienone is 8. The van der Waals surface area contributed by atoms with Crippen molar-refractivity contribution < 1.29 is 32.3 Å². The van der Waals surface area contributed by atoms with E-state index in [1.54, 1.807) is 11.1 Å². The van der Waals surface area contributed by atoms with Crippen LogP contribution in [0.4, 0.5) is 0 Å². The van der Waals surface area contributed by atoms with E-state index in [9.17, 15) is 0 Å². The van der Waals surface area contributed by atoms with E-state index in [-0.39, 0.29) is 9.41 Å². The van der Waals surface area contributed by atoms with Crippen molar-refractivity contribution in [1.82, 2.24) is 0 Å². The summed E-state index contributed by atoms with van der Waals surface area (Å²) in [5.41, 5.74) is 3.32. The molecule has 0 aromatic rings. The monoisotopic (exact) mass is 404 g/mol. The first kappa shape index (κ1) is 16.7. The molecule has 0 amide bonds. The van der Waals surface area contributed by atoms with Crippen LogP contribution < -0.4 is 9.41 Å². The summed E-state index contributed by atoms with van der Waals surface area (Å²) in [5.74, 6) is 0. The topological polar surface area (TPSA) is 0 Å². The minimum Gasteiger partial charge on any atom is -1.00 e. The standard InChI is InChI=1S/2C7H9.2FH.Hf/c2*1-2-7-5-3-4-6-7;;;/h2*3,5H,2,4H2,1H3;2*1H;/q;;;;+2/p-2. The van der Waals surface area contributed by atoms with Gasteiger partial charge in [0.25, 0.3) is 0 Å². The van der Waals surface area contributed by atoms with E-state index >= 15 is 0 Å². The molecule has 0 radical (unpaired) electrons. The number of halogens is 2. The fraction of sp³-hybridized carbons (Fsp3) is 0.429. The summed E-state index contributed by atoms with van der Waals surface area (Å²) < 4.78 is 3.70. The molecular formula is C14H18F2Hf. The third-order valence-electron chi connectivity index (χ3n) is 3.12. The van der Waals surface area contributed by atoms with Crippen molar-refractivity contribution in [3.8, 4) is 0 Å². The fourth-order valence-corrected chi connectivity index (χ4v) is 8.12. The first-order valence-electron chi connectivity index (χ1n) is 5.89. The van der Waals surface area contributed by atoms with Crippen molar-refractivity contribution >= 4 is 0 Å². The zero-order chi connectivity index (χ0) is 10.7. The molecule has 0 nitrogen and oxygen atoms in total. The molecule has 0 unspecified atom stereocenters. The first-order valence-corrected chi connectivity index (χ1v) is 9.48. The van der Waals surface area contributed by atoms with Gasteiger partial charge < -0.3 is 9.41 Å². The Morgan fingerprint density at radius 3 is 1.65 bits per heavy atom. The molecule has 0 heterocycles. The van der Waals surface area contributed by atoms with Gasteiger partial charge in [0.15, 0.2) is 0 Å². The Bertz CT molecular complexity index is 340. The molecule has 0 fully saturated rings. The molecule has 0 atom stereocenters. The molecule has 0 saturated carbocycles. The van der Waals surface area contributed by atoms with Gasteiger partial charge in [0, 0.05) is 0 Å². The molecular weight excluding hydrogens is 385 g/mol. The SMILES string of the molecule is CCC1=[C]([Hf+2][C]2=C(CC)C=CC2)CC=C1.[F-].[F-]. The third kappa shape index (κ3) is 3.84. The zero-order valence-corrected chi connectivity index (χ0v) is 14.0.